The Kier molecular flexibility index (Phi) is 7.99. The summed E-state index contributed by atoms with van der Waals surface area (Å²) in [5.74, 6) is -38.1. The monoisotopic (exact) mass is 570 g/mol. The maximum Gasteiger partial charge on any atom is 0.460 e. The summed E-state index contributed by atoms with van der Waals surface area (Å²) in [5, 5.41) is 0. The molecule has 0 bridgehead atoms. The van der Waals surface area contributed by atoms with E-state index < -0.39 is 47.3 Å². The zero-order valence-corrected chi connectivity index (χ0v) is 18.8. The fraction of sp³-hybridized carbons (Fsp3) is 0.348. The molecule has 2 aromatic carbocycles. The fourth-order valence-corrected chi connectivity index (χ4v) is 3.18. The first-order valence-electron chi connectivity index (χ1n) is 10.1. The molecule has 0 spiro atoms. The fourth-order valence-electron chi connectivity index (χ4n) is 3.18. The number of rotatable bonds is 9. The average Bonchev–Trinajstić information content (AvgIpc) is 2.82. The highest BCUT2D eigenvalue weighted by atomic mass is 19.4. The van der Waals surface area contributed by atoms with E-state index in [0.717, 1.165) is 6.08 Å². The van der Waals surface area contributed by atoms with Gasteiger partial charge in [-0.05, 0) is 35.2 Å². The van der Waals surface area contributed by atoms with Crippen molar-refractivity contribution in [3.8, 4) is 16.9 Å². The van der Waals surface area contributed by atoms with Crippen molar-refractivity contribution >= 4 is 5.97 Å². The van der Waals surface area contributed by atoms with E-state index in [0.29, 0.717) is 17.7 Å². The number of carbonyl (C=O) groups is 1. The molecule has 0 atom stereocenters. The van der Waals surface area contributed by atoms with Gasteiger partial charge in [0.2, 0.25) is 0 Å². The van der Waals surface area contributed by atoms with Crippen molar-refractivity contribution in [2.75, 3.05) is 0 Å². The topological polar surface area (TPSA) is 26.3 Å². The van der Waals surface area contributed by atoms with Gasteiger partial charge in [0.15, 0.2) is 0 Å². The lowest BCUT2D eigenvalue weighted by molar-refractivity contribution is -0.441. The van der Waals surface area contributed by atoms with E-state index in [1.54, 1.807) is 6.92 Å². The van der Waals surface area contributed by atoms with E-state index in [9.17, 15) is 61.9 Å². The second-order valence-electron chi connectivity index (χ2n) is 7.74. The van der Waals surface area contributed by atoms with Gasteiger partial charge in [0.25, 0.3) is 0 Å². The Balaban J connectivity index is 2.50. The Labute approximate surface area is 205 Å². The molecule has 15 heteroatoms. The largest absolute Gasteiger partial charge is 0.460 e. The standard InChI is InChI=1S/C23H15F13O2/c1-3-12-11-15(38-17(37)4-2)9-10-16(12)13-5-7-14(8-6-13)18(24,25)19(26,27)20(28,29)21(30,31)22(32,33)23(34,35)36/h4-11H,2-3H2,1H3. The molecule has 0 heterocycles. The molecule has 2 rings (SSSR count). The molecule has 2 aromatic rings. The first-order chi connectivity index (χ1) is 17.1. The van der Waals surface area contributed by atoms with Gasteiger partial charge in [0, 0.05) is 11.6 Å². The molecular formula is C23H15F13O2. The lowest BCUT2D eigenvalue weighted by Gasteiger charge is -2.39. The summed E-state index contributed by atoms with van der Waals surface area (Å²) in [4.78, 5) is 11.3. The van der Waals surface area contributed by atoms with Gasteiger partial charge >= 0.3 is 41.8 Å². The normalized spacial score (nSPS) is 13.8. The summed E-state index contributed by atoms with van der Waals surface area (Å²) >= 11 is 0. The van der Waals surface area contributed by atoms with Crippen molar-refractivity contribution in [2.45, 2.75) is 49.1 Å². The summed E-state index contributed by atoms with van der Waals surface area (Å²) in [6.07, 6.45) is -6.37. The van der Waals surface area contributed by atoms with E-state index in [1.807, 2.05) is 0 Å². The van der Waals surface area contributed by atoms with Crippen LogP contribution in [0.25, 0.3) is 11.1 Å². The van der Waals surface area contributed by atoms with Crippen LogP contribution >= 0.6 is 0 Å². The van der Waals surface area contributed by atoms with Gasteiger partial charge in [-0.1, -0.05) is 43.8 Å². The third-order valence-electron chi connectivity index (χ3n) is 5.33. The van der Waals surface area contributed by atoms with Crippen molar-refractivity contribution in [2.24, 2.45) is 0 Å². The Morgan fingerprint density at radius 1 is 0.763 bits per heavy atom. The minimum absolute atomic E-state index is 0.00740. The van der Waals surface area contributed by atoms with Gasteiger partial charge in [-0.2, -0.15) is 57.1 Å². The van der Waals surface area contributed by atoms with Crippen LogP contribution in [0.3, 0.4) is 0 Å². The molecular weight excluding hydrogens is 555 g/mol. The van der Waals surface area contributed by atoms with Crippen LogP contribution in [0.5, 0.6) is 5.75 Å². The van der Waals surface area contributed by atoms with Crippen LogP contribution < -0.4 is 4.74 Å². The number of ether oxygens (including phenoxy) is 1. The minimum Gasteiger partial charge on any atom is -0.423 e. The number of hydrogen-bond donors (Lipinski definition) is 0. The summed E-state index contributed by atoms with van der Waals surface area (Å²) in [5.41, 5.74) is -1.43. The third-order valence-corrected chi connectivity index (χ3v) is 5.33. The molecule has 0 radical (unpaired) electrons. The summed E-state index contributed by atoms with van der Waals surface area (Å²) in [6.45, 7) is 4.81. The minimum atomic E-state index is -7.96. The van der Waals surface area contributed by atoms with Crippen LogP contribution in [0, 0.1) is 0 Å². The van der Waals surface area contributed by atoms with E-state index in [-0.39, 0.29) is 35.4 Å². The molecule has 0 amide bonds. The highest BCUT2D eigenvalue weighted by Gasteiger charge is 2.90. The number of halogens is 13. The van der Waals surface area contributed by atoms with Crippen LogP contribution in [0.15, 0.2) is 55.1 Å². The Morgan fingerprint density at radius 3 is 1.71 bits per heavy atom. The number of benzene rings is 2. The quantitative estimate of drug-likeness (QED) is 0.132. The number of esters is 1. The third kappa shape index (κ3) is 4.82. The van der Waals surface area contributed by atoms with Crippen molar-refractivity contribution in [3.63, 3.8) is 0 Å². The van der Waals surface area contributed by atoms with Crippen LogP contribution in [-0.4, -0.2) is 35.8 Å². The van der Waals surface area contributed by atoms with Gasteiger partial charge in [-0.25, -0.2) is 4.79 Å². The maximum atomic E-state index is 14.4. The average molecular weight is 570 g/mol. The lowest BCUT2D eigenvalue weighted by Crippen LogP contribution is -2.69. The lowest BCUT2D eigenvalue weighted by atomic mass is 9.89. The Bertz CT molecular complexity index is 1180. The predicted molar refractivity (Wildman–Crippen MR) is 107 cm³/mol. The van der Waals surface area contributed by atoms with Gasteiger partial charge in [0.1, 0.15) is 5.75 Å². The molecule has 0 aliphatic rings. The van der Waals surface area contributed by atoms with Crippen molar-refractivity contribution in [1.82, 2.24) is 0 Å². The molecule has 0 N–H and O–H groups in total. The second-order valence-corrected chi connectivity index (χ2v) is 7.74. The number of alkyl halides is 13. The molecule has 0 aliphatic heterocycles. The molecule has 0 fully saturated rings. The number of aryl methyl sites for hydroxylation is 1. The second kappa shape index (κ2) is 9.80. The summed E-state index contributed by atoms with van der Waals surface area (Å²) in [6, 6.07) is 5.41. The van der Waals surface area contributed by atoms with Crippen LogP contribution in [-0.2, 0) is 17.1 Å². The van der Waals surface area contributed by atoms with Gasteiger partial charge < -0.3 is 4.74 Å². The van der Waals surface area contributed by atoms with Crippen LogP contribution in [0.1, 0.15) is 18.1 Å². The molecule has 38 heavy (non-hydrogen) atoms. The highest BCUT2D eigenvalue weighted by Crippen LogP contribution is 2.62. The van der Waals surface area contributed by atoms with Gasteiger partial charge in [0.05, 0.1) is 0 Å². The molecule has 0 aromatic heterocycles. The zero-order chi connectivity index (χ0) is 29.5. The number of carbonyl (C=O) groups excluding carboxylic acids is 1. The smallest absolute Gasteiger partial charge is 0.423 e. The molecule has 210 valence electrons. The van der Waals surface area contributed by atoms with E-state index in [1.165, 1.54) is 18.2 Å². The summed E-state index contributed by atoms with van der Waals surface area (Å²) in [7, 11) is 0. The molecule has 0 aliphatic carbocycles. The Morgan fingerprint density at radius 2 is 1.26 bits per heavy atom. The maximum absolute atomic E-state index is 14.4. The van der Waals surface area contributed by atoms with Crippen LogP contribution in [0.2, 0.25) is 0 Å². The van der Waals surface area contributed by atoms with Gasteiger partial charge in [-0.3, -0.25) is 0 Å². The molecule has 2 nitrogen and oxygen atoms in total. The zero-order valence-electron chi connectivity index (χ0n) is 18.8. The van der Waals surface area contributed by atoms with Gasteiger partial charge in [-0.15, -0.1) is 0 Å². The van der Waals surface area contributed by atoms with Crippen LogP contribution in [0.4, 0.5) is 57.1 Å². The SMILES string of the molecule is C=CC(=O)Oc1ccc(-c2ccc(C(F)(F)C(F)(F)C(F)(F)C(F)(F)C(F)(F)C(F)(F)F)cc2)c(CC)c1. The molecule has 0 saturated carbocycles. The van der Waals surface area contributed by atoms with Crippen molar-refractivity contribution < 1.29 is 66.6 Å². The summed E-state index contributed by atoms with van der Waals surface area (Å²) < 4.78 is 179. The molecule has 0 saturated heterocycles. The van der Waals surface area contributed by atoms with E-state index in [2.05, 4.69) is 6.58 Å². The highest BCUT2D eigenvalue weighted by molar-refractivity contribution is 5.83. The van der Waals surface area contributed by atoms with E-state index >= 15 is 0 Å². The molecule has 0 unspecified atom stereocenters. The first-order valence-corrected chi connectivity index (χ1v) is 10.1. The van der Waals surface area contributed by atoms with Crippen molar-refractivity contribution in [3.05, 3.63) is 66.2 Å². The Hall–Kier alpha value is -3.26. The number of hydrogen-bond acceptors (Lipinski definition) is 2. The first kappa shape index (κ1) is 31.0. The van der Waals surface area contributed by atoms with E-state index in [4.69, 9.17) is 4.74 Å². The predicted octanol–water partition coefficient (Wildman–Crippen LogP) is 8.20. The van der Waals surface area contributed by atoms with Crippen molar-refractivity contribution in [1.29, 1.82) is 0 Å².